The maximum atomic E-state index is 3.91. The SMILES string of the molecule is c1ccc([C@@H]2C[C@H]2NC2CCN(C3CSCCN3)CC2)cc1. The minimum absolute atomic E-state index is 0.623. The predicted octanol–water partition coefficient (Wildman–Crippen LogP) is 2.26. The Morgan fingerprint density at radius 1 is 1.14 bits per heavy atom. The number of likely N-dealkylation sites (tertiary alicyclic amines) is 1. The Bertz CT molecular complexity index is 466. The molecule has 1 unspecified atom stereocenters. The van der Waals surface area contributed by atoms with Crippen LogP contribution in [-0.2, 0) is 0 Å². The summed E-state index contributed by atoms with van der Waals surface area (Å²) >= 11 is 2.10. The lowest BCUT2D eigenvalue weighted by Crippen LogP contribution is -2.55. The van der Waals surface area contributed by atoms with Crippen LogP contribution in [0.2, 0.25) is 0 Å². The smallest absolute Gasteiger partial charge is 0.0690 e. The zero-order chi connectivity index (χ0) is 14.8. The molecule has 0 amide bonds. The highest BCUT2D eigenvalue weighted by Crippen LogP contribution is 2.41. The first-order valence-corrected chi connectivity index (χ1v) is 9.92. The van der Waals surface area contributed by atoms with Crippen molar-refractivity contribution in [2.24, 2.45) is 0 Å². The van der Waals surface area contributed by atoms with Crippen LogP contribution < -0.4 is 10.6 Å². The average molecular weight is 318 g/mol. The predicted molar refractivity (Wildman–Crippen MR) is 94.4 cm³/mol. The van der Waals surface area contributed by atoms with Gasteiger partial charge < -0.3 is 10.6 Å². The summed E-state index contributed by atoms with van der Waals surface area (Å²) in [5.41, 5.74) is 1.51. The van der Waals surface area contributed by atoms with Crippen molar-refractivity contribution in [3.8, 4) is 0 Å². The summed E-state index contributed by atoms with van der Waals surface area (Å²) in [6.07, 6.45) is 4.56. The molecule has 3 aliphatic rings. The maximum Gasteiger partial charge on any atom is 0.0690 e. The first-order valence-electron chi connectivity index (χ1n) is 8.76. The second-order valence-corrected chi connectivity index (χ2v) is 8.03. The molecule has 22 heavy (non-hydrogen) atoms. The van der Waals surface area contributed by atoms with E-state index in [0.717, 1.165) is 18.0 Å². The molecule has 0 spiro atoms. The van der Waals surface area contributed by atoms with Gasteiger partial charge in [-0.15, -0.1) is 0 Å². The Labute approximate surface area is 138 Å². The summed E-state index contributed by atoms with van der Waals surface area (Å²) < 4.78 is 0. The monoisotopic (exact) mass is 317 g/mol. The molecule has 3 nitrogen and oxygen atoms in total. The van der Waals surface area contributed by atoms with Crippen LogP contribution in [0.15, 0.2) is 30.3 Å². The fourth-order valence-corrected chi connectivity index (χ4v) is 4.90. The molecule has 1 aromatic carbocycles. The lowest BCUT2D eigenvalue weighted by Gasteiger charge is -2.39. The number of thioether (sulfide) groups is 1. The summed E-state index contributed by atoms with van der Waals surface area (Å²) in [6.45, 7) is 3.67. The first-order chi connectivity index (χ1) is 10.9. The Morgan fingerprint density at radius 2 is 1.95 bits per heavy atom. The van der Waals surface area contributed by atoms with Crippen LogP contribution in [0.4, 0.5) is 0 Å². The van der Waals surface area contributed by atoms with E-state index in [1.54, 1.807) is 0 Å². The van der Waals surface area contributed by atoms with E-state index >= 15 is 0 Å². The number of hydrogen-bond donors (Lipinski definition) is 2. The molecular formula is C18H27N3S. The highest BCUT2D eigenvalue weighted by Gasteiger charge is 2.39. The third-order valence-corrected chi connectivity index (χ3v) is 6.38. The van der Waals surface area contributed by atoms with Gasteiger partial charge in [0.05, 0.1) is 6.17 Å². The Hall–Kier alpha value is -0.550. The minimum Gasteiger partial charge on any atom is -0.311 e. The zero-order valence-electron chi connectivity index (χ0n) is 13.2. The van der Waals surface area contributed by atoms with Crippen molar-refractivity contribution in [1.29, 1.82) is 0 Å². The second-order valence-electron chi connectivity index (χ2n) is 6.88. The summed E-state index contributed by atoms with van der Waals surface area (Å²) in [6, 6.07) is 12.5. The van der Waals surface area contributed by atoms with Gasteiger partial charge in [-0.05, 0) is 24.8 Å². The lowest BCUT2D eigenvalue weighted by atomic mass is 10.0. The fourth-order valence-electron chi connectivity index (χ4n) is 3.91. The van der Waals surface area contributed by atoms with Gasteiger partial charge in [-0.1, -0.05) is 30.3 Å². The van der Waals surface area contributed by atoms with Crippen molar-refractivity contribution in [2.75, 3.05) is 31.1 Å². The summed E-state index contributed by atoms with van der Waals surface area (Å²) in [5.74, 6) is 3.30. The topological polar surface area (TPSA) is 27.3 Å². The number of nitrogens with one attached hydrogen (secondary N) is 2. The maximum absolute atomic E-state index is 3.91. The van der Waals surface area contributed by atoms with Gasteiger partial charge in [0.15, 0.2) is 0 Å². The number of benzene rings is 1. The van der Waals surface area contributed by atoms with Crippen LogP contribution in [0.25, 0.3) is 0 Å². The average Bonchev–Trinajstić information content (AvgIpc) is 3.36. The number of hydrogen-bond acceptors (Lipinski definition) is 4. The van der Waals surface area contributed by atoms with E-state index in [2.05, 4.69) is 57.6 Å². The molecule has 3 fully saturated rings. The molecule has 0 radical (unpaired) electrons. The van der Waals surface area contributed by atoms with Crippen molar-refractivity contribution in [3.05, 3.63) is 35.9 Å². The van der Waals surface area contributed by atoms with Gasteiger partial charge in [-0.2, -0.15) is 11.8 Å². The molecule has 1 aromatic rings. The molecule has 4 heteroatoms. The quantitative estimate of drug-likeness (QED) is 0.891. The van der Waals surface area contributed by atoms with E-state index in [1.807, 2.05) is 0 Å². The van der Waals surface area contributed by atoms with Gasteiger partial charge in [-0.25, -0.2) is 0 Å². The summed E-state index contributed by atoms with van der Waals surface area (Å²) in [7, 11) is 0. The molecule has 1 saturated carbocycles. The van der Waals surface area contributed by atoms with Gasteiger partial charge in [-0.3, -0.25) is 4.90 Å². The highest BCUT2D eigenvalue weighted by atomic mass is 32.2. The van der Waals surface area contributed by atoms with Crippen LogP contribution in [0.5, 0.6) is 0 Å². The van der Waals surface area contributed by atoms with Gasteiger partial charge in [0.25, 0.3) is 0 Å². The molecule has 2 N–H and O–H groups in total. The third kappa shape index (κ3) is 3.51. The van der Waals surface area contributed by atoms with Gasteiger partial charge in [0.2, 0.25) is 0 Å². The molecule has 0 bridgehead atoms. The van der Waals surface area contributed by atoms with Crippen LogP contribution >= 0.6 is 11.8 Å². The number of rotatable bonds is 4. The third-order valence-electron chi connectivity index (χ3n) is 5.34. The normalized spacial score (nSPS) is 33.7. The van der Waals surface area contributed by atoms with Crippen molar-refractivity contribution in [3.63, 3.8) is 0 Å². The molecule has 1 aliphatic carbocycles. The van der Waals surface area contributed by atoms with Crippen LogP contribution in [-0.4, -0.2) is 54.3 Å². The Balaban J connectivity index is 1.22. The second kappa shape index (κ2) is 6.91. The minimum atomic E-state index is 0.623. The van der Waals surface area contributed by atoms with E-state index in [-0.39, 0.29) is 0 Å². The largest absolute Gasteiger partial charge is 0.311 e. The van der Waals surface area contributed by atoms with E-state index in [0.29, 0.717) is 6.17 Å². The number of piperidine rings is 1. The van der Waals surface area contributed by atoms with Crippen LogP contribution in [0, 0.1) is 0 Å². The molecule has 2 saturated heterocycles. The fraction of sp³-hybridized carbons (Fsp3) is 0.667. The van der Waals surface area contributed by atoms with Crippen LogP contribution in [0.1, 0.15) is 30.7 Å². The van der Waals surface area contributed by atoms with E-state index in [1.165, 1.54) is 56.0 Å². The molecule has 2 aliphatic heterocycles. The number of nitrogens with zero attached hydrogens (tertiary/aromatic N) is 1. The molecule has 120 valence electrons. The van der Waals surface area contributed by atoms with E-state index in [9.17, 15) is 0 Å². The standard InChI is InChI=1S/C18H27N3S/c1-2-4-14(5-3-1)16-12-17(16)20-15-6-9-21(10-7-15)18-13-22-11-8-19-18/h1-5,15-20H,6-13H2/t16-,17+,18?/m0/s1. The van der Waals surface area contributed by atoms with Gasteiger partial charge in [0.1, 0.15) is 0 Å². The first kappa shape index (κ1) is 15.0. The van der Waals surface area contributed by atoms with Crippen LogP contribution in [0.3, 0.4) is 0 Å². The van der Waals surface area contributed by atoms with Crippen molar-refractivity contribution < 1.29 is 0 Å². The van der Waals surface area contributed by atoms with E-state index in [4.69, 9.17) is 0 Å². The Morgan fingerprint density at radius 3 is 2.68 bits per heavy atom. The van der Waals surface area contributed by atoms with Crippen molar-refractivity contribution in [1.82, 2.24) is 15.5 Å². The van der Waals surface area contributed by atoms with Gasteiger partial charge in [0, 0.05) is 49.1 Å². The molecule has 0 aromatic heterocycles. The summed E-state index contributed by atoms with van der Waals surface area (Å²) in [5, 5.41) is 7.58. The lowest BCUT2D eigenvalue weighted by molar-refractivity contribution is 0.133. The summed E-state index contributed by atoms with van der Waals surface area (Å²) in [4.78, 5) is 2.66. The van der Waals surface area contributed by atoms with Gasteiger partial charge >= 0.3 is 0 Å². The van der Waals surface area contributed by atoms with Crippen molar-refractivity contribution >= 4 is 11.8 Å². The highest BCUT2D eigenvalue weighted by molar-refractivity contribution is 7.99. The molecule has 3 atom stereocenters. The molecule has 2 heterocycles. The van der Waals surface area contributed by atoms with E-state index < -0.39 is 0 Å². The van der Waals surface area contributed by atoms with Crippen molar-refractivity contribution in [2.45, 2.75) is 43.4 Å². The Kier molecular flexibility index (Phi) is 4.72. The zero-order valence-corrected chi connectivity index (χ0v) is 14.0. The molecular weight excluding hydrogens is 290 g/mol. The molecule has 4 rings (SSSR count).